The van der Waals surface area contributed by atoms with Crippen LogP contribution in [0.5, 0.6) is 5.75 Å². The van der Waals surface area contributed by atoms with Crippen LogP contribution in [0.4, 0.5) is 5.69 Å². The molecule has 0 atom stereocenters. The fourth-order valence-corrected chi connectivity index (χ4v) is 2.47. The summed E-state index contributed by atoms with van der Waals surface area (Å²) in [6.45, 7) is 3.26. The highest BCUT2D eigenvalue weighted by Crippen LogP contribution is 2.27. The fourth-order valence-electron chi connectivity index (χ4n) is 2.00. The van der Waals surface area contributed by atoms with Crippen LogP contribution in [0.1, 0.15) is 18.1 Å². The van der Waals surface area contributed by atoms with E-state index in [9.17, 15) is 14.9 Å². The maximum absolute atomic E-state index is 12.2. The number of amides is 1. The van der Waals surface area contributed by atoms with Gasteiger partial charge in [-0.05, 0) is 58.8 Å². The van der Waals surface area contributed by atoms with E-state index in [0.29, 0.717) is 21.5 Å². The summed E-state index contributed by atoms with van der Waals surface area (Å²) >= 11 is 3.30. The Balaban J connectivity index is 2.20. The molecular formula is C19H15BrN2O3. The van der Waals surface area contributed by atoms with Gasteiger partial charge in [-0.3, -0.25) is 9.59 Å². The number of carbonyl (C=O) groups excluding carboxylic acids is 2. The quantitative estimate of drug-likeness (QED) is 0.361. The fraction of sp³-hybridized carbons (Fsp3) is 0.105. The van der Waals surface area contributed by atoms with Crippen molar-refractivity contribution in [3.63, 3.8) is 0 Å². The van der Waals surface area contributed by atoms with Crippen molar-refractivity contribution in [1.82, 2.24) is 0 Å². The van der Waals surface area contributed by atoms with Crippen molar-refractivity contribution in [3.05, 3.63) is 63.6 Å². The van der Waals surface area contributed by atoms with Gasteiger partial charge in [-0.25, -0.2) is 0 Å². The van der Waals surface area contributed by atoms with Gasteiger partial charge in [0, 0.05) is 12.6 Å². The first-order valence-corrected chi connectivity index (χ1v) is 8.16. The zero-order valence-corrected chi connectivity index (χ0v) is 15.3. The zero-order chi connectivity index (χ0) is 18.4. The van der Waals surface area contributed by atoms with Crippen molar-refractivity contribution in [1.29, 1.82) is 5.26 Å². The number of hydrogen-bond donors (Lipinski definition) is 1. The number of nitriles is 1. The molecule has 0 aliphatic carbocycles. The molecule has 25 heavy (non-hydrogen) atoms. The number of anilines is 1. The Morgan fingerprint density at radius 1 is 1.20 bits per heavy atom. The molecule has 0 bridgehead atoms. The van der Waals surface area contributed by atoms with E-state index in [1.165, 1.54) is 13.0 Å². The van der Waals surface area contributed by atoms with E-state index in [1.54, 1.807) is 30.3 Å². The van der Waals surface area contributed by atoms with E-state index in [0.717, 1.165) is 5.56 Å². The van der Waals surface area contributed by atoms with Crippen LogP contribution in [-0.4, -0.2) is 11.9 Å². The second-order valence-corrected chi connectivity index (χ2v) is 6.13. The number of benzene rings is 2. The van der Waals surface area contributed by atoms with Gasteiger partial charge in [-0.15, -0.1) is 0 Å². The molecule has 2 rings (SSSR count). The highest BCUT2D eigenvalue weighted by atomic mass is 79.9. The number of aryl methyl sites for hydroxylation is 1. The second-order valence-electron chi connectivity index (χ2n) is 5.27. The summed E-state index contributed by atoms with van der Waals surface area (Å²) in [5, 5.41) is 11.9. The minimum absolute atomic E-state index is 0.0345. The number of nitrogens with zero attached hydrogens (tertiary/aromatic N) is 1. The third-order valence-electron chi connectivity index (χ3n) is 3.20. The maximum Gasteiger partial charge on any atom is 0.308 e. The number of rotatable bonds is 4. The molecule has 0 fully saturated rings. The smallest absolute Gasteiger partial charge is 0.308 e. The number of nitrogens with one attached hydrogen (secondary N) is 1. The minimum atomic E-state index is -0.494. The largest absolute Gasteiger partial charge is 0.426 e. The average Bonchev–Trinajstić information content (AvgIpc) is 2.56. The van der Waals surface area contributed by atoms with Gasteiger partial charge in [-0.1, -0.05) is 23.8 Å². The Morgan fingerprint density at radius 2 is 1.88 bits per heavy atom. The van der Waals surface area contributed by atoms with Gasteiger partial charge in [0.2, 0.25) is 0 Å². The molecule has 0 aliphatic rings. The number of halogens is 1. The molecule has 1 amide bonds. The molecule has 2 aromatic carbocycles. The summed E-state index contributed by atoms with van der Waals surface area (Å²) in [6, 6.07) is 14.1. The Labute approximate surface area is 154 Å². The van der Waals surface area contributed by atoms with Crippen LogP contribution in [-0.2, 0) is 9.59 Å². The van der Waals surface area contributed by atoms with Gasteiger partial charge in [0.25, 0.3) is 5.91 Å². The van der Waals surface area contributed by atoms with Crippen LogP contribution in [0, 0.1) is 18.3 Å². The predicted octanol–water partition coefficient (Wildman–Crippen LogP) is 4.23. The monoisotopic (exact) mass is 398 g/mol. The molecule has 0 spiro atoms. The third-order valence-corrected chi connectivity index (χ3v) is 3.81. The van der Waals surface area contributed by atoms with Crippen molar-refractivity contribution in [2.75, 3.05) is 5.32 Å². The molecule has 0 radical (unpaired) electrons. The minimum Gasteiger partial charge on any atom is -0.426 e. The molecular weight excluding hydrogens is 384 g/mol. The summed E-state index contributed by atoms with van der Waals surface area (Å²) in [4.78, 5) is 23.3. The Bertz CT molecular complexity index is 881. The van der Waals surface area contributed by atoms with Crippen LogP contribution < -0.4 is 10.1 Å². The maximum atomic E-state index is 12.2. The van der Waals surface area contributed by atoms with Crippen LogP contribution in [0.15, 0.2) is 52.5 Å². The van der Waals surface area contributed by atoms with E-state index < -0.39 is 11.9 Å². The Kier molecular flexibility index (Phi) is 6.09. The molecule has 0 saturated carbocycles. The molecule has 0 saturated heterocycles. The topological polar surface area (TPSA) is 79.2 Å². The summed E-state index contributed by atoms with van der Waals surface area (Å²) < 4.78 is 5.57. The van der Waals surface area contributed by atoms with Gasteiger partial charge in [0.1, 0.15) is 17.4 Å². The van der Waals surface area contributed by atoms with Gasteiger partial charge < -0.3 is 10.1 Å². The SMILES string of the molecule is CC(=O)Oc1ccc(/C=C(/C#N)C(=O)Nc2ccc(C)cc2)cc1Br. The van der Waals surface area contributed by atoms with Crippen LogP contribution in [0.25, 0.3) is 6.08 Å². The molecule has 0 unspecified atom stereocenters. The van der Waals surface area contributed by atoms with E-state index in [-0.39, 0.29) is 5.57 Å². The van der Waals surface area contributed by atoms with Gasteiger partial charge in [-0.2, -0.15) is 5.26 Å². The summed E-state index contributed by atoms with van der Waals surface area (Å²) in [7, 11) is 0. The lowest BCUT2D eigenvalue weighted by molar-refractivity contribution is -0.131. The molecule has 0 heterocycles. The predicted molar refractivity (Wildman–Crippen MR) is 98.8 cm³/mol. The molecule has 6 heteroatoms. The van der Waals surface area contributed by atoms with E-state index >= 15 is 0 Å². The van der Waals surface area contributed by atoms with Crippen LogP contribution >= 0.6 is 15.9 Å². The lowest BCUT2D eigenvalue weighted by atomic mass is 10.1. The Morgan fingerprint density at radius 3 is 2.44 bits per heavy atom. The number of hydrogen-bond acceptors (Lipinski definition) is 4. The number of carbonyl (C=O) groups is 2. The first-order valence-electron chi connectivity index (χ1n) is 7.37. The molecule has 126 valence electrons. The molecule has 1 N–H and O–H groups in total. The van der Waals surface area contributed by atoms with Gasteiger partial charge in [0.15, 0.2) is 0 Å². The van der Waals surface area contributed by atoms with E-state index in [1.807, 2.05) is 25.1 Å². The molecule has 0 aliphatic heterocycles. The average molecular weight is 399 g/mol. The van der Waals surface area contributed by atoms with Crippen molar-refractivity contribution in [2.24, 2.45) is 0 Å². The van der Waals surface area contributed by atoms with Crippen molar-refractivity contribution < 1.29 is 14.3 Å². The lowest BCUT2D eigenvalue weighted by Crippen LogP contribution is -2.13. The van der Waals surface area contributed by atoms with Crippen molar-refractivity contribution in [2.45, 2.75) is 13.8 Å². The first-order chi connectivity index (χ1) is 11.9. The highest BCUT2D eigenvalue weighted by molar-refractivity contribution is 9.10. The first kappa shape index (κ1) is 18.4. The summed E-state index contributed by atoms with van der Waals surface area (Å²) in [6.07, 6.45) is 1.46. The lowest BCUT2D eigenvalue weighted by Gasteiger charge is -2.06. The van der Waals surface area contributed by atoms with E-state index in [2.05, 4.69) is 21.2 Å². The molecule has 0 aromatic heterocycles. The number of esters is 1. The standard InChI is InChI=1S/C19H15BrN2O3/c1-12-3-6-16(7-4-12)22-19(24)15(11-21)9-14-5-8-18(17(20)10-14)25-13(2)23/h3-10H,1-2H3,(H,22,24)/b15-9-. The van der Waals surface area contributed by atoms with E-state index in [4.69, 9.17) is 4.74 Å². The van der Waals surface area contributed by atoms with Crippen molar-refractivity contribution in [3.8, 4) is 11.8 Å². The Hall–Kier alpha value is -2.91. The van der Waals surface area contributed by atoms with Gasteiger partial charge >= 0.3 is 5.97 Å². The number of ether oxygens (including phenoxy) is 1. The van der Waals surface area contributed by atoms with Gasteiger partial charge in [0.05, 0.1) is 4.47 Å². The van der Waals surface area contributed by atoms with Crippen molar-refractivity contribution >= 4 is 39.6 Å². The normalized spacial score (nSPS) is 10.7. The summed E-state index contributed by atoms with van der Waals surface area (Å²) in [5.74, 6) is -0.557. The van der Waals surface area contributed by atoms with Crippen LogP contribution in [0.3, 0.4) is 0 Å². The molecule has 2 aromatic rings. The zero-order valence-electron chi connectivity index (χ0n) is 13.7. The third kappa shape index (κ3) is 5.30. The highest BCUT2D eigenvalue weighted by Gasteiger charge is 2.11. The molecule has 5 nitrogen and oxygen atoms in total. The van der Waals surface area contributed by atoms with Crippen LogP contribution in [0.2, 0.25) is 0 Å². The summed E-state index contributed by atoms with van der Waals surface area (Å²) in [5.41, 5.74) is 2.28. The second kappa shape index (κ2) is 8.27.